The molecule has 1 aromatic carbocycles. The van der Waals surface area contributed by atoms with Crippen LogP contribution in [0, 0.1) is 17.8 Å². The molecular weight excluding hydrogens is 255 g/mol. The normalized spacial score (nSPS) is 10.8. The predicted molar refractivity (Wildman–Crippen MR) is 66.2 cm³/mol. The van der Waals surface area contributed by atoms with E-state index in [1.807, 2.05) is 0 Å². The van der Waals surface area contributed by atoms with Gasteiger partial charge in [0.1, 0.15) is 0 Å². The van der Waals surface area contributed by atoms with Crippen molar-refractivity contribution in [2.75, 3.05) is 6.54 Å². The summed E-state index contributed by atoms with van der Waals surface area (Å²) in [7, 11) is 0. The standard InChI is InChI=1S/C14H14F3NO/c1-10(2)13(19)18-9-5-7-11-6-3-4-8-12(11)14(15,16)17/h3-4,6,8,10H,9H2,1-2H3,(H,18,19). The summed E-state index contributed by atoms with van der Waals surface area (Å²) in [6, 6.07) is 5.09. The van der Waals surface area contributed by atoms with Gasteiger partial charge in [0.15, 0.2) is 0 Å². The number of hydrogen-bond acceptors (Lipinski definition) is 1. The van der Waals surface area contributed by atoms with E-state index in [0.29, 0.717) is 0 Å². The van der Waals surface area contributed by atoms with Crippen molar-refractivity contribution < 1.29 is 18.0 Å². The van der Waals surface area contributed by atoms with Crippen LogP contribution in [0.25, 0.3) is 0 Å². The molecular formula is C14H14F3NO. The Morgan fingerprint density at radius 1 is 1.32 bits per heavy atom. The molecule has 0 atom stereocenters. The first-order valence-electron chi connectivity index (χ1n) is 5.75. The van der Waals surface area contributed by atoms with Gasteiger partial charge in [0, 0.05) is 11.5 Å². The van der Waals surface area contributed by atoms with Crippen LogP contribution in [-0.2, 0) is 11.0 Å². The number of alkyl halides is 3. The van der Waals surface area contributed by atoms with Crippen molar-refractivity contribution in [3.63, 3.8) is 0 Å². The first kappa shape index (κ1) is 15.1. The van der Waals surface area contributed by atoms with Crippen molar-refractivity contribution in [3.05, 3.63) is 35.4 Å². The highest BCUT2D eigenvalue weighted by atomic mass is 19.4. The summed E-state index contributed by atoms with van der Waals surface area (Å²) in [5.74, 6) is 4.59. The van der Waals surface area contributed by atoms with Crippen molar-refractivity contribution in [1.82, 2.24) is 5.32 Å². The van der Waals surface area contributed by atoms with Crippen LogP contribution in [0.5, 0.6) is 0 Å². The summed E-state index contributed by atoms with van der Waals surface area (Å²) < 4.78 is 38.0. The summed E-state index contributed by atoms with van der Waals surface area (Å²) >= 11 is 0. The minimum Gasteiger partial charge on any atom is -0.345 e. The maximum absolute atomic E-state index is 12.7. The first-order chi connectivity index (χ1) is 8.82. The monoisotopic (exact) mass is 269 g/mol. The highest BCUT2D eigenvalue weighted by molar-refractivity contribution is 5.78. The topological polar surface area (TPSA) is 29.1 Å². The van der Waals surface area contributed by atoms with E-state index in [0.717, 1.165) is 6.07 Å². The fraction of sp³-hybridized carbons (Fsp3) is 0.357. The molecule has 0 aromatic heterocycles. The van der Waals surface area contributed by atoms with E-state index in [1.165, 1.54) is 18.2 Å². The molecule has 0 spiro atoms. The first-order valence-corrected chi connectivity index (χ1v) is 5.75. The van der Waals surface area contributed by atoms with Crippen LogP contribution in [0.2, 0.25) is 0 Å². The number of benzene rings is 1. The maximum Gasteiger partial charge on any atom is 0.417 e. The zero-order chi connectivity index (χ0) is 14.5. The van der Waals surface area contributed by atoms with E-state index < -0.39 is 11.7 Å². The van der Waals surface area contributed by atoms with Crippen molar-refractivity contribution in [1.29, 1.82) is 0 Å². The molecule has 0 aliphatic heterocycles. The quantitative estimate of drug-likeness (QED) is 0.822. The van der Waals surface area contributed by atoms with Gasteiger partial charge in [-0.3, -0.25) is 4.79 Å². The average Bonchev–Trinajstić information content (AvgIpc) is 2.33. The minimum absolute atomic E-state index is 0.0310. The second-order valence-corrected chi connectivity index (χ2v) is 4.22. The highest BCUT2D eigenvalue weighted by Crippen LogP contribution is 2.31. The number of carbonyl (C=O) groups is 1. The van der Waals surface area contributed by atoms with Crippen molar-refractivity contribution >= 4 is 5.91 Å². The summed E-state index contributed by atoms with van der Waals surface area (Å²) in [6.45, 7) is 3.48. The molecule has 0 aliphatic rings. The van der Waals surface area contributed by atoms with Crippen LogP contribution in [0.1, 0.15) is 25.0 Å². The van der Waals surface area contributed by atoms with Crippen LogP contribution >= 0.6 is 0 Å². The molecule has 0 heterocycles. The third kappa shape index (κ3) is 4.66. The Hall–Kier alpha value is -1.96. The predicted octanol–water partition coefficient (Wildman–Crippen LogP) is 2.83. The van der Waals surface area contributed by atoms with Crippen molar-refractivity contribution in [3.8, 4) is 11.8 Å². The summed E-state index contributed by atoms with van der Waals surface area (Å²) in [5.41, 5.74) is -0.855. The molecule has 1 N–H and O–H groups in total. The molecule has 19 heavy (non-hydrogen) atoms. The molecule has 5 heteroatoms. The molecule has 1 aromatic rings. The lowest BCUT2D eigenvalue weighted by Crippen LogP contribution is -2.27. The molecule has 0 radical (unpaired) electrons. The Kier molecular flexibility index (Phi) is 4.99. The van der Waals surface area contributed by atoms with Gasteiger partial charge in [0.05, 0.1) is 12.1 Å². The maximum atomic E-state index is 12.7. The van der Waals surface area contributed by atoms with Gasteiger partial charge in [-0.2, -0.15) is 13.2 Å². The summed E-state index contributed by atoms with van der Waals surface area (Å²) in [4.78, 5) is 11.2. The van der Waals surface area contributed by atoms with Gasteiger partial charge in [-0.15, -0.1) is 0 Å². The number of hydrogen-bond donors (Lipinski definition) is 1. The highest BCUT2D eigenvalue weighted by Gasteiger charge is 2.32. The fourth-order valence-electron chi connectivity index (χ4n) is 1.31. The molecule has 1 amide bonds. The molecule has 0 aliphatic carbocycles. The molecule has 0 saturated heterocycles. The van der Waals surface area contributed by atoms with Gasteiger partial charge in [-0.05, 0) is 12.1 Å². The average molecular weight is 269 g/mol. The van der Waals surface area contributed by atoms with E-state index in [-0.39, 0.29) is 23.9 Å². The summed E-state index contributed by atoms with van der Waals surface area (Å²) in [6.07, 6.45) is -4.42. The largest absolute Gasteiger partial charge is 0.417 e. The van der Waals surface area contributed by atoms with Gasteiger partial charge in [-0.25, -0.2) is 0 Å². The molecule has 1 rings (SSSR count). The van der Waals surface area contributed by atoms with Gasteiger partial charge in [0.2, 0.25) is 5.91 Å². The number of halogens is 3. The lowest BCUT2D eigenvalue weighted by molar-refractivity contribution is -0.137. The van der Waals surface area contributed by atoms with Gasteiger partial charge in [0.25, 0.3) is 0 Å². The van der Waals surface area contributed by atoms with E-state index in [1.54, 1.807) is 13.8 Å². The fourth-order valence-corrected chi connectivity index (χ4v) is 1.31. The van der Waals surface area contributed by atoms with E-state index in [9.17, 15) is 18.0 Å². The lowest BCUT2D eigenvalue weighted by Gasteiger charge is -2.08. The van der Waals surface area contributed by atoms with Crippen molar-refractivity contribution in [2.45, 2.75) is 20.0 Å². The van der Waals surface area contributed by atoms with Gasteiger partial charge < -0.3 is 5.32 Å². The molecule has 0 saturated carbocycles. The Morgan fingerprint density at radius 3 is 2.53 bits per heavy atom. The van der Waals surface area contributed by atoms with E-state index in [2.05, 4.69) is 17.2 Å². The number of amides is 1. The second kappa shape index (κ2) is 6.28. The smallest absolute Gasteiger partial charge is 0.345 e. The third-order valence-electron chi connectivity index (χ3n) is 2.33. The van der Waals surface area contributed by atoms with Gasteiger partial charge in [-0.1, -0.05) is 37.8 Å². The van der Waals surface area contributed by atoms with Crippen molar-refractivity contribution in [2.24, 2.45) is 5.92 Å². The van der Waals surface area contributed by atoms with Crippen LogP contribution < -0.4 is 5.32 Å². The Morgan fingerprint density at radius 2 is 1.95 bits per heavy atom. The SMILES string of the molecule is CC(C)C(=O)NCC#Cc1ccccc1C(F)(F)F. The molecule has 0 unspecified atom stereocenters. The molecule has 0 bridgehead atoms. The third-order valence-corrected chi connectivity index (χ3v) is 2.33. The lowest BCUT2D eigenvalue weighted by atomic mass is 10.1. The zero-order valence-corrected chi connectivity index (χ0v) is 10.6. The zero-order valence-electron chi connectivity index (χ0n) is 10.6. The van der Waals surface area contributed by atoms with Gasteiger partial charge >= 0.3 is 6.18 Å². The molecule has 0 fully saturated rings. The van der Waals surface area contributed by atoms with Crippen LogP contribution in [0.4, 0.5) is 13.2 Å². The molecule has 2 nitrogen and oxygen atoms in total. The summed E-state index contributed by atoms with van der Waals surface area (Å²) in [5, 5.41) is 2.52. The Balaban J connectivity index is 2.76. The van der Waals surface area contributed by atoms with E-state index in [4.69, 9.17) is 0 Å². The number of nitrogens with one attached hydrogen (secondary N) is 1. The number of carbonyl (C=O) groups excluding carboxylic acids is 1. The van der Waals surface area contributed by atoms with Crippen LogP contribution in [0.15, 0.2) is 24.3 Å². The molecule has 102 valence electrons. The van der Waals surface area contributed by atoms with Crippen LogP contribution in [0.3, 0.4) is 0 Å². The van der Waals surface area contributed by atoms with E-state index >= 15 is 0 Å². The van der Waals surface area contributed by atoms with Crippen LogP contribution in [-0.4, -0.2) is 12.5 Å². The minimum atomic E-state index is -4.42. The number of rotatable bonds is 2. The Bertz CT molecular complexity index is 509. The second-order valence-electron chi connectivity index (χ2n) is 4.22. The Labute approximate surface area is 110 Å².